The Balaban J connectivity index is 1.85. The molecule has 0 bridgehead atoms. The quantitative estimate of drug-likeness (QED) is 0.118. The van der Waals surface area contributed by atoms with E-state index in [1.165, 1.54) is 47.4 Å². The zero-order valence-corrected chi connectivity index (χ0v) is 28.1. The summed E-state index contributed by atoms with van der Waals surface area (Å²) in [5.74, 6) is -1.10. The summed E-state index contributed by atoms with van der Waals surface area (Å²) in [6.45, 7) is 3.19. The van der Waals surface area contributed by atoms with Gasteiger partial charge in [-0.3, -0.25) is 24.0 Å². The molecule has 0 heterocycles. The van der Waals surface area contributed by atoms with Gasteiger partial charge in [0.25, 0.3) is 15.7 Å². The van der Waals surface area contributed by atoms with Crippen LogP contribution in [0.1, 0.15) is 25.0 Å². The van der Waals surface area contributed by atoms with Crippen LogP contribution in [0.3, 0.4) is 0 Å². The van der Waals surface area contributed by atoms with Crippen molar-refractivity contribution in [3.63, 3.8) is 0 Å². The predicted octanol–water partition coefficient (Wildman–Crippen LogP) is 6.51. The van der Waals surface area contributed by atoms with Crippen LogP contribution in [0.15, 0.2) is 108 Å². The first-order valence-electron chi connectivity index (χ1n) is 14.7. The van der Waals surface area contributed by atoms with Gasteiger partial charge >= 0.3 is 0 Å². The van der Waals surface area contributed by atoms with Gasteiger partial charge < -0.3 is 10.2 Å². The number of nitro groups is 1. The van der Waals surface area contributed by atoms with Gasteiger partial charge in [-0.05, 0) is 41.8 Å². The molecule has 47 heavy (non-hydrogen) atoms. The van der Waals surface area contributed by atoms with E-state index in [1.54, 1.807) is 24.3 Å². The Morgan fingerprint density at radius 3 is 2.06 bits per heavy atom. The maximum atomic E-state index is 14.5. The lowest BCUT2D eigenvalue weighted by atomic mass is 10.0. The molecule has 246 valence electrons. The van der Waals surface area contributed by atoms with Crippen LogP contribution in [0.2, 0.25) is 10.0 Å². The predicted molar refractivity (Wildman–Crippen MR) is 183 cm³/mol. The first-order chi connectivity index (χ1) is 22.4. The molecule has 1 N–H and O–H groups in total. The topological polar surface area (TPSA) is 130 Å². The van der Waals surface area contributed by atoms with Gasteiger partial charge in [-0.25, -0.2) is 8.42 Å². The number of benzene rings is 4. The van der Waals surface area contributed by atoms with Crippen molar-refractivity contribution < 1.29 is 22.9 Å². The standard InChI is InChI=1S/C34H34Cl2N4O6S/c1-24(2)21-37-34(42)32(19-25-11-5-3-6-12-25)38(22-29-30(35)17-10-18-31(29)36)33(41)23-39(26-13-9-14-27(20-26)40(43)44)47(45,46)28-15-7-4-8-16-28/h3-18,20,24,32H,19,21-23H2,1-2H3,(H,37,42). The van der Waals surface area contributed by atoms with Gasteiger partial charge in [-0.2, -0.15) is 0 Å². The van der Waals surface area contributed by atoms with Crippen LogP contribution in [0.25, 0.3) is 0 Å². The maximum Gasteiger partial charge on any atom is 0.271 e. The average Bonchev–Trinajstić information content (AvgIpc) is 3.06. The minimum Gasteiger partial charge on any atom is -0.354 e. The second kappa shape index (κ2) is 15.9. The summed E-state index contributed by atoms with van der Waals surface area (Å²) in [7, 11) is -4.43. The minimum absolute atomic E-state index is 0.0980. The Bertz CT molecular complexity index is 1800. The number of anilines is 1. The smallest absolute Gasteiger partial charge is 0.271 e. The van der Waals surface area contributed by atoms with E-state index in [0.717, 1.165) is 15.9 Å². The van der Waals surface area contributed by atoms with Gasteiger partial charge in [0.05, 0.1) is 15.5 Å². The fourth-order valence-electron chi connectivity index (χ4n) is 4.84. The van der Waals surface area contributed by atoms with Crippen LogP contribution in [-0.2, 0) is 32.6 Å². The lowest BCUT2D eigenvalue weighted by Crippen LogP contribution is -2.53. The van der Waals surface area contributed by atoms with Crippen molar-refractivity contribution in [1.82, 2.24) is 10.2 Å². The van der Waals surface area contributed by atoms with Crippen molar-refractivity contribution in [3.05, 3.63) is 134 Å². The van der Waals surface area contributed by atoms with Crippen LogP contribution in [0.5, 0.6) is 0 Å². The van der Waals surface area contributed by atoms with E-state index in [2.05, 4.69) is 5.32 Å². The van der Waals surface area contributed by atoms with Gasteiger partial charge in [0.2, 0.25) is 11.8 Å². The number of carbonyl (C=O) groups is 2. The number of nitro benzene ring substituents is 1. The molecule has 0 saturated heterocycles. The number of hydrogen-bond donors (Lipinski definition) is 1. The molecule has 0 aliphatic heterocycles. The van der Waals surface area contributed by atoms with Crippen LogP contribution in [0.4, 0.5) is 11.4 Å². The third kappa shape index (κ3) is 9.09. The number of halogens is 2. The monoisotopic (exact) mass is 696 g/mol. The summed E-state index contributed by atoms with van der Waals surface area (Å²) >= 11 is 13.1. The number of sulfonamides is 1. The van der Waals surface area contributed by atoms with Crippen LogP contribution in [-0.4, -0.2) is 49.2 Å². The molecule has 4 rings (SSSR count). The molecule has 0 saturated carbocycles. The van der Waals surface area contributed by atoms with E-state index in [0.29, 0.717) is 12.1 Å². The SMILES string of the molecule is CC(C)CNC(=O)C(Cc1ccccc1)N(Cc1c(Cl)cccc1Cl)C(=O)CN(c1cccc([N+](=O)[O-])c1)S(=O)(=O)c1ccccc1. The van der Waals surface area contributed by atoms with E-state index in [9.17, 15) is 28.1 Å². The van der Waals surface area contributed by atoms with E-state index >= 15 is 0 Å². The average molecular weight is 698 g/mol. The van der Waals surface area contributed by atoms with Gasteiger partial charge in [0.15, 0.2) is 0 Å². The molecule has 4 aromatic rings. The van der Waals surface area contributed by atoms with E-state index in [4.69, 9.17) is 23.2 Å². The van der Waals surface area contributed by atoms with Gasteiger partial charge in [-0.15, -0.1) is 0 Å². The highest BCUT2D eigenvalue weighted by molar-refractivity contribution is 7.92. The minimum atomic E-state index is -4.43. The van der Waals surface area contributed by atoms with E-state index < -0.39 is 39.3 Å². The molecule has 0 aliphatic carbocycles. The normalized spacial score (nSPS) is 11.9. The molecule has 0 radical (unpaired) electrons. The molecule has 0 fully saturated rings. The van der Waals surface area contributed by atoms with E-state index in [1.807, 2.05) is 44.2 Å². The fraction of sp³-hybridized carbons (Fsp3) is 0.235. The molecule has 0 spiro atoms. The molecular weight excluding hydrogens is 663 g/mol. The number of carbonyl (C=O) groups excluding carboxylic acids is 2. The highest BCUT2D eigenvalue weighted by Crippen LogP contribution is 2.30. The molecule has 0 aromatic heterocycles. The third-order valence-corrected chi connectivity index (χ3v) is 9.78. The lowest BCUT2D eigenvalue weighted by Gasteiger charge is -2.34. The molecule has 10 nitrogen and oxygen atoms in total. The number of hydrogen-bond acceptors (Lipinski definition) is 6. The second-order valence-corrected chi connectivity index (χ2v) is 13.8. The Labute approximate surface area is 284 Å². The van der Waals surface area contributed by atoms with Crippen molar-refractivity contribution in [2.45, 2.75) is 37.8 Å². The molecule has 1 atom stereocenters. The van der Waals surface area contributed by atoms with E-state index in [-0.39, 0.29) is 45.2 Å². The summed E-state index contributed by atoms with van der Waals surface area (Å²) in [5, 5.41) is 15.0. The molecule has 0 aliphatic rings. The first kappa shape index (κ1) is 35.4. The number of non-ortho nitro benzene ring substituents is 1. The van der Waals surface area contributed by atoms with Crippen molar-refractivity contribution in [2.24, 2.45) is 5.92 Å². The summed E-state index contributed by atoms with van der Waals surface area (Å²) < 4.78 is 29.0. The highest BCUT2D eigenvalue weighted by atomic mass is 35.5. The highest BCUT2D eigenvalue weighted by Gasteiger charge is 2.35. The van der Waals surface area contributed by atoms with Gasteiger partial charge in [-0.1, -0.05) is 97.7 Å². The number of rotatable bonds is 14. The summed E-state index contributed by atoms with van der Waals surface area (Å²) in [6.07, 6.45) is 0.0980. The number of nitrogens with one attached hydrogen (secondary N) is 1. The van der Waals surface area contributed by atoms with Crippen molar-refractivity contribution in [2.75, 3.05) is 17.4 Å². The van der Waals surface area contributed by atoms with Gasteiger partial charge in [0, 0.05) is 47.3 Å². The molecule has 1 unspecified atom stereocenters. The zero-order valence-electron chi connectivity index (χ0n) is 25.8. The second-order valence-electron chi connectivity index (χ2n) is 11.2. The van der Waals surface area contributed by atoms with Crippen LogP contribution in [0, 0.1) is 16.0 Å². The number of amides is 2. The summed E-state index contributed by atoms with van der Waals surface area (Å²) in [5.41, 5.74) is 0.661. The molecular formula is C34H34Cl2N4O6S. The first-order valence-corrected chi connectivity index (χ1v) is 16.9. The lowest BCUT2D eigenvalue weighted by molar-refractivity contribution is -0.384. The third-order valence-electron chi connectivity index (χ3n) is 7.28. The summed E-state index contributed by atoms with van der Waals surface area (Å²) in [6, 6.07) is 25.3. The Morgan fingerprint density at radius 2 is 1.47 bits per heavy atom. The molecule has 4 aromatic carbocycles. The Morgan fingerprint density at radius 1 is 0.872 bits per heavy atom. The molecule has 13 heteroatoms. The number of nitrogens with zero attached hydrogens (tertiary/aromatic N) is 3. The molecule has 2 amide bonds. The Hall–Kier alpha value is -4.45. The van der Waals surface area contributed by atoms with Crippen LogP contribution < -0.4 is 9.62 Å². The van der Waals surface area contributed by atoms with Crippen molar-refractivity contribution in [1.29, 1.82) is 0 Å². The fourth-order valence-corrected chi connectivity index (χ4v) is 6.78. The zero-order chi connectivity index (χ0) is 34.1. The van der Waals surface area contributed by atoms with Crippen molar-refractivity contribution >= 4 is 56.4 Å². The Kier molecular flexibility index (Phi) is 12.0. The summed E-state index contributed by atoms with van der Waals surface area (Å²) in [4.78, 5) is 40.5. The van der Waals surface area contributed by atoms with Crippen molar-refractivity contribution in [3.8, 4) is 0 Å². The van der Waals surface area contributed by atoms with Gasteiger partial charge in [0.1, 0.15) is 12.6 Å². The van der Waals surface area contributed by atoms with Crippen LogP contribution >= 0.6 is 23.2 Å². The maximum absolute atomic E-state index is 14.5. The largest absolute Gasteiger partial charge is 0.354 e.